The second kappa shape index (κ2) is 4.14. The van der Waals surface area contributed by atoms with Gasteiger partial charge in [0.05, 0.1) is 23.1 Å². The van der Waals surface area contributed by atoms with E-state index in [1.807, 2.05) is 0 Å². The fourth-order valence-electron chi connectivity index (χ4n) is 1.05. The predicted molar refractivity (Wildman–Crippen MR) is 56.3 cm³/mol. The van der Waals surface area contributed by atoms with Crippen LogP contribution in [0.15, 0.2) is 36.7 Å². The number of ether oxygens (including phenoxy) is 1. The largest absolute Gasteiger partial charge is 0.454 e. The molecule has 5 heteroatoms. The van der Waals surface area contributed by atoms with Crippen molar-refractivity contribution in [3.05, 3.63) is 41.7 Å². The van der Waals surface area contributed by atoms with E-state index in [2.05, 4.69) is 10.2 Å². The van der Waals surface area contributed by atoms with Gasteiger partial charge in [0, 0.05) is 6.07 Å². The fourth-order valence-corrected chi connectivity index (χ4v) is 1.27. The third-order valence-electron chi connectivity index (χ3n) is 1.72. The lowest BCUT2D eigenvalue weighted by Crippen LogP contribution is -1.87. The Labute approximate surface area is 91.7 Å². The molecule has 0 amide bonds. The van der Waals surface area contributed by atoms with Crippen LogP contribution < -0.4 is 10.5 Å². The second-order valence-electron chi connectivity index (χ2n) is 2.83. The summed E-state index contributed by atoms with van der Waals surface area (Å²) < 4.78 is 5.45. The van der Waals surface area contributed by atoms with Crippen LogP contribution in [0.2, 0.25) is 5.02 Å². The SMILES string of the molecule is [NH]c1ccc(Oc2ccnnc2)c(Cl)c1. The maximum atomic E-state index is 7.35. The van der Waals surface area contributed by atoms with Crippen LogP contribution in [0.4, 0.5) is 5.69 Å². The van der Waals surface area contributed by atoms with Gasteiger partial charge in [0.15, 0.2) is 0 Å². The molecule has 2 rings (SSSR count). The zero-order chi connectivity index (χ0) is 10.7. The molecule has 15 heavy (non-hydrogen) atoms. The molecule has 75 valence electrons. The molecule has 0 atom stereocenters. The maximum Gasteiger partial charge on any atom is 0.149 e. The second-order valence-corrected chi connectivity index (χ2v) is 3.23. The van der Waals surface area contributed by atoms with Crippen LogP contribution in [0, 0.1) is 0 Å². The number of nitrogens with one attached hydrogen (secondary N) is 1. The minimum Gasteiger partial charge on any atom is -0.454 e. The van der Waals surface area contributed by atoms with Gasteiger partial charge in [-0.1, -0.05) is 11.6 Å². The molecule has 4 nitrogen and oxygen atoms in total. The minimum absolute atomic E-state index is 0.347. The normalized spacial score (nSPS) is 9.93. The van der Waals surface area contributed by atoms with Crippen molar-refractivity contribution in [2.75, 3.05) is 0 Å². The number of aromatic nitrogens is 2. The molecule has 0 fully saturated rings. The predicted octanol–water partition coefficient (Wildman–Crippen LogP) is 2.84. The monoisotopic (exact) mass is 220 g/mol. The molecular formula is C10H7ClN3O. The fraction of sp³-hybridized carbons (Fsp3) is 0. The van der Waals surface area contributed by atoms with Gasteiger partial charge in [-0.25, -0.2) is 0 Å². The smallest absolute Gasteiger partial charge is 0.149 e. The molecule has 0 saturated carbocycles. The zero-order valence-corrected chi connectivity index (χ0v) is 8.40. The van der Waals surface area contributed by atoms with Crippen molar-refractivity contribution in [1.82, 2.24) is 15.9 Å². The Kier molecular flexibility index (Phi) is 2.69. The molecule has 0 spiro atoms. The summed E-state index contributed by atoms with van der Waals surface area (Å²) in [5.74, 6) is 1.06. The summed E-state index contributed by atoms with van der Waals surface area (Å²) in [7, 11) is 0. The van der Waals surface area contributed by atoms with Gasteiger partial charge < -0.3 is 10.5 Å². The first-order valence-electron chi connectivity index (χ1n) is 4.21. The summed E-state index contributed by atoms with van der Waals surface area (Å²) in [5.41, 5.74) is 7.70. The van der Waals surface area contributed by atoms with Gasteiger partial charge in [-0.15, -0.1) is 0 Å². The number of rotatable bonds is 2. The first-order valence-corrected chi connectivity index (χ1v) is 4.59. The Morgan fingerprint density at radius 1 is 1.20 bits per heavy atom. The lowest BCUT2D eigenvalue weighted by Gasteiger charge is -2.06. The van der Waals surface area contributed by atoms with Gasteiger partial charge in [0.2, 0.25) is 0 Å². The van der Waals surface area contributed by atoms with Gasteiger partial charge in [0.1, 0.15) is 11.5 Å². The van der Waals surface area contributed by atoms with Gasteiger partial charge in [0.25, 0.3) is 0 Å². The quantitative estimate of drug-likeness (QED) is 0.782. The number of benzene rings is 1. The van der Waals surface area contributed by atoms with E-state index in [0.717, 1.165) is 0 Å². The summed E-state index contributed by atoms with van der Waals surface area (Å²) in [6, 6.07) is 6.45. The molecule has 1 aromatic carbocycles. The topological polar surface area (TPSA) is 58.8 Å². The van der Waals surface area contributed by atoms with Crippen molar-refractivity contribution in [2.24, 2.45) is 0 Å². The number of hydrogen-bond donors (Lipinski definition) is 0. The zero-order valence-electron chi connectivity index (χ0n) is 7.64. The average Bonchev–Trinajstić information content (AvgIpc) is 2.24. The van der Waals surface area contributed by atoms with Gasteiger partial charge >= 0.3 is 0 Å². The van der Waals surface area contributed by atoms with Crippen molar-refractivity contribution in [3.8, 4) is 11.5 Å². The Hall–Kier alpha value is -1.81. The summed E-state index contributed by atoms with van der Waals surface area (Å²) in [6.45, 7) is 0. The molecule has 0 bridgehead atoms. The van der Waals surface area contributed by atoms with Crippen molar-refractivity contribution >= 4 is 17.3 Å². The van der Waals surface area contributed by atoms with Crippen molar-refractivity contribution < 1.29 is 4.74 Å². The highest BCUT2D eigenvalue weighted by molar-refractivity contribution is 6.32. The molecule has 1 heterocycles. The van der Waals surface area contributed by atoms with Crippen LogP contribution in [-0.2, 0) is 0 Å². The van der Waals surface area contributed by atoms with E-state index in [0.29, 0.717) is 22.2 Å². The third kappa shape index (κ3) is 2.35. The van der Waals surface area contributed by atoms with Crippen LogP contribution >= 0.6 is 11.6 Å². The van der Waals surface area contributed by atoms with Gasteiger partial charge in [-0.2, -0.15) is 10.2 Å². The molecule has 0 aliphatic heterocycles. The lowest BCUT2D eigenvalue weighted by atomic mass is 10.3. The first-order chi connectivity index (χ1) is 7.25. The van der Waals surface area contributed by atoms with E-state index in [4.69, 9.17) is 22.1 Å². The van der Waals surface area contributed by atoms with E-state index < -0.39 is 0 Å². The Morgan fingerprint density at radius 3 is 2.73 bits per heavy atom. The van der Waals surface area contributed by atoms with Crippen molar-refractivity contribution in [2.45, 2.75) is 0 Å². The van der Waals surface area contributed by atoms with E-state index in [-0.39, 0.29) is 0 Å². The number of hydrogen-bond acceptors (Lipinski definition) is 3. The molecule has 1 radical (unpaired) electrons. The van der Waals surface area contributed by atoms with E-state index in [1.165, 1.54) is 18.5 Å². The van der Waals surface area contributed by atoms with Crippen LogP contribution in [-0.4, -0.2) is 10.2 Å². The van der Waals surface area contributed by atoms with Crippen LogP contribution in [0.1, 0.15) is 0 Å². The molecule has 0 aliphatic carbocycles. The van der Waals surface area contributed by atoms with Crippen LogP contribution in [0.5, 0.6) is 11.5 Å². The maximum absolute atomic E-state index is 7.35. The van der Waals surface area contributed by atoms with E-state index in [9.17, 15) is 0 Å². The molecule has 0 unspecified atom stereocenters. The molecule has 2 aromatic rings. The highest BCUT2D eigenvalue weighted by Crippen LogP contribution is 2.30. The lowest BCUT2D eigenvalue weighted by molar-refractivity contribution is 0.478. The third-order valence-corrected chi connectivity index (χ3v) is 2.01. The minimum atomic E-state index is 0.347. The Balaban J connectivity index is 2.25. The molecule has 0 saturated heterocycles. The van der Waals surface area contributed by atoms with Crippen LogP contribution in [0.3, 0.4) is 0 Å². The Morgan fingerprint density at radius 2 is 2.07 bits per heavy atom. The molecule has 0 aliphatic rings. The average molecular weight is 221 g/mol. The highest BCUT2D eigenvalue weighted by Gasteiger charge is 2.03. The van der Waals surface area contributed by atoms with Gasteiger partial charge in [-0.05, 0) is 18.2 Å². The summed E-state index contributed by atoms with van der Waals surface area (Å²) in [5, 5.41) is 7.71. The molecule has 1 N–H and O–H groups in total. The van der Waals surface area contributed by atoms with Crippen molar-refractivity contribution in [3.63, 3.8) is 0 Å². The van der Waals surface area contributed by atoms with E-state index in [1.54, 1.807) is 18.2 Å². The molecular weight excluding hydrogens is 214 g/mol. The van der Waals surface area contributed by atoms with E-state index >= 15 is 0 Å². The standard InChI is InChI=1S/C10H7ClN3O/c11-9-5-7(12)1-2-10(9)15-8-3-4-13-14-6-8/h1-6,12H. The summed E-state index contributed by atoms with van der Waals surface area (Å²) in [4.78, 5) is 0. The van der Waals surface area contributed by atoms with Crippen molar-refractivity contribution in [1.29, 1.82) is 0 Å². The highest BCUT2D eigenvalue weighted by atomic mass is 35.5. The number of halogens is 1. The summed E-state index contributed by atoms with van der Waals surface area (Å²) >= 11 is 5.90. The number of nitrogens with zero attached hydrogens (tertiary/aromatic N) is 2. The Bertz CT molecular complexity index is 461. The summed E-state index contributed by atoms with van der Waals surface area (Å²) in [6.07, 6.45) is 3.02. The van der Waals surface area contributed by atoms with Gasteiger partial charge in [-0.3, -0.25) is 0 Å². The van der Waals surface area contributed by atoms with Crippen LogP contribution in [0.25, 0.3) is 0 Å². The first kappa shape index (κ1) is 9.73. The molecule has 1 aromatic heterocycles.